The molecule has 1 aliphatic rings. The second kappa shape index (κ2) is 7.99. The molecule has 2 rings (SSSR count). The molecule has 2 atom stereocenters. The Bertz CT molecular complexity index is 489. The van der Waals surface area contributed by atoms with E-state index in [-0.39, 0.29) is 11.9 Å². The topological polar surface area (TPSA) is 44.4 Å². The third-order valence-electron chi connectivity index (χ3n) is 4.31. The standard InChI is InChI=1S/C17H27N3OS/c1-12(2)20-11-14(9-16(20)17(21)18-3)19-10-13-5-7-15(22-4)8-6-13/h5-8,12,14,16,19H,9-11H2,1-4H3,(H,18,21)/t14-,16+/m1/s1. The van der Waals surface area contributed by atoms with E-state index in [4.69, 9.17) is 0 Å². The van der Waals surface area contributed by atoms with Gasteiger partial charge in [-0.15, -0.1) is 11.8 Å². The number of rotatable bonds is 6. The van der Waals surface area contributed by atoms with Gasteiger partial charge in [0.25, 0.3) is 0 Å². The van der Waals surface area contributed by atoms with Crippen molar-refractivity contribution < 1.29 is 4.79 Å². The molecule has 0 aliphatic carbocycles. The van der Waals surface area contributed by atoms with E-state index in [0.29, 0.717) is 12.1 Å². The van der Waals surface area contributed by atoms with Gasteiger partial charge in [0.2, 0.25) is 5.91 Å². The minimum absolute atomic E-state index is 0.0126. The van der Waals surface area contributed by atoms with Gasteiger partial charge in [-0.25, -0.2) is 0 Å². The van der Waals surface area contributed by atoms with E-state index in [2.05, 4.69) is 59.9 Å². The zero-order chi connectivity index (χ0) is 16.1. The fourth-order valence-corrected chi connectivity index (χ4v) is 3.42. The molecule has 2 N–H and O–H groups in total. The molecule has 1 fully saturated rings. The lowest BCUT2D eigenvalue weighted by atomic mass is 10.1. The monoisotopic (exact) mass is 321 g/mol. The van der Waals surface area contributed by atoms with Crippen LogP contribution in [-0.2, 0) is 11.3 Å². The van der Waals surface area contributed by atoms with Gasteiger partial charge in [-0.3, -0.25) is 9.69 Å². The Morgan fingerprint density at radius 2 is 2.05 bits per heavy atom. The minimum Gasteiger partial charge on any atom is -0.358 e. The first-order valence-corrected chi connectivity index (χ1v) is 9.11. The molecule has 0 radical (unpaired) electrons. The lowest BCUT2D eigenvalue weighted by Crippen LogP contribution is -2.45. The van der Waals surface area contributed by atoms with Crippen molar-refractivity contribution in [3.8, 4) is 0 Å². The second-order valence-electron chi connectivity index (χ2n) is 6.08. The molecule has 1 heterocycles. The lowest BCUT2D eigenvalue weighted by molar-refractivity contribution is -0.125. The summed E-state index contributed by atoms with van der Waals surface area (Å²) in [4.78, 5) is 15.6. The quantitative estimate of drug-likeness (QED) is 0.788. The largest absolute Gasteiger partial charge is 0.358 e. The highest BCUT2D eigenvalue weighted by molar-refractivity contribution is 7.98. The number of likely N-dealkylation sites (tertiary alicyclic amines) is 1. The van der Waals surface area contributed by atoms with E-state index in [1.54, 1.807) is 18.8 Å². The second-order valence-corrected chi connectivity index (χ2v) is 6.96. The molecule has 0 bridgehead atoms. The fourth-order valence-electron chi connectivity index (χ4n) is 3.01. The summed E-state index contributed by atoms with van der Waals surface area (Å²) in [5.74, 6) is 0.127. The van der Waals surface area contributed by atoms with E-state index in [0.717, 1.165) is 19.5 Å². The highest BCUT2D eigenvalue weighted by atomic mass is 32.2. The molecule has 1 saturated heterocycles. The van der Waals surface area contributed by atoms with Gasteiger partial charge in [0.05, 0.1) is 6.04 Å². The average Bonchev–Trinajstić information content (AvgIpc) is 2.97. The summed E-state index contributed by atoms with van der Waals surface area (Å²) >= 11 is 1.76. The van der Waals surface area contributed by atoms with Crippen molar-refractivity contribution in [2.45, 2.75) is 49.8 Å². The fraction of sp³-hybridized carbons (Fsp3) is 0.588. The van der Waals surface area contributed by atoms with Crippen LogP contribution in [0.4, 0.5) is 0 Å². The van der Waals surface area contributed by atoms with E-state index in [9.17, 15) is 4.79 Å². The van der Waals surface area contributed by atoms with Crippen LogP contribution in [0.15, 0.2) is 29.2 Å². The molecule has 0 spiro atoms. The highest BCUT2D eigenvalue weighted by Crippen LogP contribution is 2.21. The molecular formula is C17H27N3OS. The predicted octanol–water partition coefficient (Wildman–Crippen LogP) is 2.10. The van der Waals surface area contributed by atoms with Crippen molar-refractivity contribution >= 4 is 17.7 Å². The summed E-state index contributed by atoms with van der Waals surface area (Å²) in [7, 11) is 1.72. The Labute approximate surface area is 138 Å². The van der Waals surface area contributed by atoms with E-state index < -0.39 is 0 Å². The van der Waals surface area contributed by atoms with Crippen LogP contribution in [0.1, 0.15) is 25.8 Å². The number of hydrogen-bond donors (Lipinski definition) is 2. The van der Waals surface area contributed by atoms with Gasteiger partial charge in [0, 0.05) is 37.1 Å². The third-order valence-corrected chi connectivity index (χ3v) is 5.05. The lowest BCUT2D eigenvalue weighted by Gasteiger charge is -2.26. The maximum absolute atomic E-state index is 12.0. The molecule has 0 unspecified atom stereocenters. The molecule has 5 heteroatoms. The van der Waals surface area contributed by atoms with Gasteiger partial charge < -0.3 is 10.6 Å². The Balaban J connectivity index is 1.91. The molecule has 1 aromatic rings. The first kappa shape index (κ1) is 17.3. The molecule has 1 amide bonds. The van der Waals surface area contributed by atoms with Crippen molar-refractivity contribution in [1.29, 1.82) is 0 Å². The van der Waals surface area contributed by atoms with Gasteiger partial charge in [0.1, 0.15) is 0 Å². The summed E-state index contributed by atoms with van der Waals surface area (Å²) in [6.45, 7) is 6.09. The molecule has 0 saturated carbocycles. The summed E-state index contributed by atoms with van der Waals surface area (Å²) in [6.07, 6.45) is 2.96. The number of hydrogen-bond acceptors (Lipinski definition) is 4. The maximum atomic E-state index is 12.0. The van der Waals surface area contributed by atoms with Crippen LogP contribution < -0.4 is 10.6 Å². The van der Waals surface area contributed by atoms with Crippen LogP contribution in [0.2, 0.25) is 0 Å². The van der Waals surface area contributed by atoms with Crippen molar-refractivity contribution in [3.63, 3.8) is 0 Å². The van der Waals surface area contributed by atoms with Crippen LogP contribution in [0, 0.1) is 0 Å². The maximum Gasteiger partial charge on any atom is 0.237 e. The molecule has 4 nitrogen and oxygen atoms in total. The molecular weight excluding hydrogens is 294 g/mol. The van der Waals surface area contributed by atoms with Crippen molar-refractivity contribution in [2.24, 2.45) is 0 Å². The van der Waals surface area contributed by atoms with Crippen LogP contribution in [-0.4, -0.2) is 48.8 Å². The average molecular weight is 321 g/mol. The van der Waals surface area contributed by atoms with Crippen molar-refractivity contribution in [3.05, 3.63) is 29.8 Å². The van der Waals surface area contributed by atoms with Gasteiger partial charge in [-0.1, -0.05) is 12.1 Å². The molecule has 122 valence electrons. The number of thioether (sulfide) groups is 1. The number of amides is 1. The summed E-state index contributed by atoms with van der Waals surface area (Å²) < 4.78 is 0. The van der Waals surface area contributed by atoms with Gasteiger partial charge in [0.15, 0.2) is 0 Å². The molecule has 0 aromatic heterocycles. The Morgan fingerprint density at radius 1 is 1.36 bits per heavy atom. The first-order valence-electron chi connectivity index (χ1n) is 7.88. The summed E-state index contributed by atoms with van der Waals surface area (Å²) in [5.41, 5.74) is 1.29. The number of nitrogens with zero attached hydrogens (tertiary/aromatic N) is 1. The SMILES string of the molecule is CNC(=O)[C@@H]1C[C@@H](NCc2ccc(SC)cc2)CN1C(C)C. The smallest absolute Gasteiger partial charge is 0.237 e. The molecule has 22 heavy (non-hydrogen) atoms. The Morgan fingerprint density at radius 3 is 2.59 bits per heavy atom. The number of likely N-dealkylation sites (N-methyl/N-ethyl adjacent to an activating group) is 1. The number of carbonyl (C=O) groups is 1. The van der Waals surface area contributed by atoms with Crippen LogP contribution in [0.5, 0.6) is 0 Å². The highest BCUT2D eigenvalue weighted by Gasteiger charge is 2.37. The number of nitrogens with one attached hydrogen (secondary N) is 2. The molecule has 1 aliphatic heterocycles. The zero-order valence-corrected chi connectivity index (χ0v) is 14.7. The van der Waals surface area contributed by atoms with Crippen LogP contribution >= 0.6 is 11.8 Å². The van der Waals surface area contributed by atoms with Crippen LogP contribution in [0.25, 0.3) is 0 Å². The number of carbonyl (C=O) groups excluding carboxylic acids is 1. The van der Waals surface area contributed by atoms with Gasteiger partial charge >= 0.3 is 0 Å². The predicted molar refractivity (Wildman–Crippen MR) is 93.2 cm³/mol. The van der Waals surface area contributed by atoms with Gasteiger partial charge in [-0.05, 0) is 44.2 Å². The van der Waals surface area contributed by atoms with E-state index in [1.165, 1.54) is 10.5 Å². The third kappa shape index (κ3) is 4.24. The molecule has 1 aromatic carbocycles. The normalized spacial score (nSPS) is 22.2. The Kier molecular flexibility index (Phi) is 6.29. The summed E-state index contributed by atoms with van der Waals surface area (Å²) in [6, 6.07) is 9.39. The zero-order valence-electron chi connectivity index (χ0n) is 13.9. The van der Waals surface area contributed by atoms with Gasteiger partial charge in [-0.2, -0.15) is 0 Å². The van der Waals surface area contributed by atoms with E-state index in [1.807, 2.05) is 0 Å². The van der Waals surface area contributed by atoms with Crippen molar-refractivity contribution in [1.82, 2.24) is 15.5 Å². The number of benzene rings is 1. The van der Waals surface area contributed by atoms with Crippen molar-refractivity contribution in [2.75, 3.05) is 19.8 Å². The first-order chi connectivity index (χ1) is 10.5. The Hall–Kier alpha value is -1.04. The summed E-state index contributed by atoms with van der Waals surface area (Å²) in [5, 5.41) is 6.39. The van der Waals surface area contributed by atoms with E-state index >= 15 is 0 Å². The minimum atomic E-state index is -0.0126. The van der Waals surface area contributed by atoms with Crippen LogP contribution in [0.3, 0.4) is 0 Å².